The van der Waals surface area contributed by atoms with Crippen LogP contribution in [0, 0.1) is 0 Å². The van der Waals surface area contributed by atoms with Crippen LogP contribution in [0.3, 0.4) is 0 Å². The number of alkyl halides is 3. The molecule has 3 N–H and O–H groups in total. The molecule has 0 bridgehead atoms. The van der Waals surface area contributed by atoms with Crippen molar-refractivity contribution in [2.75, 3.05) is 10.2 Å². The summed E-state index contributed by atoms with van der Waals surface area (Å²) in [5.74, 6) is -0.800. The van der Waals surface area contributed by atoms with Crippen LogP contribution in [-0.2, 0) is 30.8 Å². The number of hydrazine groups is 1. The highest BCUT2D eigenvalue weighted by molar-refractivity contribution is 7.92. The number of sulfone groups is 1. The van der Waals surface area contributed by atoms with Crippen LogP contribution in [0.1, 0.15) is 41.8 Å². The molecular formula is C28H23F3N6O8S. The second kappa shape index (κ2) is 10.8. The molecule has 0 unspecified atom stereocenters. The maximum atomic E-state index is 13.3. The molecule has 2 saturated heterocycles. The lowest BCUT2D eigenvalue weighted by molar-refractivity contribution is -0.122. The number of carbonyl (C=O) groups excluding carboxylic acids is 5. The Labute approximate surface area is 257 Å². The zero-order valence-electron chi connectivity index (χ0n) is 23.5. The third kappa shape index (κ3) is 5.43. The van der Waals surface area contributed by atoms with E-state index in [-0.39, 0.29) is 41.8 Å². The summed E-state index contributed by atoms with van der Waals surface area (Å²) in [5, 5.41) is 2.57. The fourth-order valence-corrected chi connectivity index (χ4v) is 5.93. The standard InChI is InChI=1S/C23H17F3N4O6S.C5H6N2O2/c24-23(25,26)37(34,35)16-5-3-15(4-6-16)30-20(32)22(8-9-22)29(21(30)33)13-14-7-10-27-18(12-14)28-19(31)17-2-1-11-36-17;8-3-1-4(9)5(2-3)6-7-5/h1-7,10-12H,8-9,13H2,(H,27,28,31);6-7H,1-2H2. The van der Waals surface area contributed by atoms with Crippen molar-refractivity contribution in [2.24, 2.45) is 0 Å². The van der Waals surface area contributed by atoms with Crippen LogP contribution < -0.4 is 21.1 Å². The van der Waals surface area contributed by atoms with Crippen LogP contribution in [0.25, 0.3) is 0 Å². The second-order valence-corrected chi connectivity index (χ2v) is 12.9. The monoisotopic (exact) mass is 660 g/mol. The smallest absolute Gasteiger partial charge is 0.459 e. The van der Waals surface area contributed by atoms with E-state index in [4.69, 9.17) is 4.42 Å². The maximum Gasteiger partial charge on any atom is 0.501 e. The van der Waals surface area contributed by atoms with E-state index in [1.165, 1.54) is 29.5 Å². The minimum absolute atomic E-state index is 0.00620. The topological polar surface area (TPSA) is 208 Å². The number of hydrogen-bond donors (Lipinski definition) is 3. The van der Waals surface area contributed by atoms with Crippen LogP contribution in [0.15, 0.2) is 70.3 Å². The van der Waals surface area contributed by atoms with Gasteiger partial charge in [0.25, 0.3) is 21.7 Å². The second-order valence-electron chi connectivity index (χ2n) is 10.9. The number of nitrogens with one attached hydrogen (secondary N) is 3. The molecule has 4 amide bonds. The highest BCUT2D eigenvalue weighted by Crippen LogP contribution is 2.50. The summed E-state index contributed by atoms with van der Waals surface area (Å²) in [4.78, 5) is 65.3. The van der Waals surface area contributed by atoms with Crippen molar-refractivity contribution in [1.29, 1.82) is 0 Å². The first-order valence-electron chi connectivity index (χ1n) is 13.6. The minimum Gasteiger partial charge on any atom is -0.459 e. The van der Waals surface area contributed by atoms with E-state index < -0.39 is 49.3 Å². The van der Waals surface area contributed by atoms with E-state index in [1.54, 1.807) is 12.1 Å². The Morgan fingerprint density at radius 2 is 1.74 bits per heavy atom. The van der Waals surface area contributed by atoms with E-state index in [2.05, 4.69) is 21.2 Å². The first-order valence-corrected chi connectivity index (χ1v) is 15.1. The molecule has 2 spiro atoms. The van der Waals surface area contributed by atoms with Gasteiger partial charge in [0.15, 0.2) is 17.2 Å². The number of urea groups is 1. The molecule has 0 radical (unpaired) electrons. The Morgan fingerprint density at radius 3 is 2.26 bits per heavy atom. The summed E-state index contributed by atoms with van der Waals surface area (Å²) in [5.41, 5.74) is -1.35. The first-order chi connectivity index (χ1) is 21.7. The van der Waals surface area contributed by atoms with Gasteiger partial charge in [0.05, 0.1) is 23.3 Å². The van der Waals surface area contributed by atoms with E-state index in [1.807, 2.05) is 0 Å². The van der Waals surface area contributed by atoms with Crippen LogP contribution in [0.2, 0.25) is 0 Å². The Hall–Kier alpha value is -4.94. The van der Waals surface area contributed by atoms with Gasteiger partial charge >= 0.3 is 11.5 Å². The molecule has 2 aliphatic heterocycles. The van der Waals surface area contributed by atoms with E-state index in [0.29, 0.717) is 37.0 Å². The minimum atomic E-state index is -5.57. The highest BCUT2D eigenvalue weighted by Gasteiger charge is 2.65. The molecule has 2 aliphatic carbocycles. The molecule has 4 aliphatic rings. The molecule has 1 aromatic carbocycles. The van der Waals surface area contributed by atoms with Crippen molar-refractivity contribution in [2.45, 2.75) is 53.8 Å². The number of ketones is 2. The van der Waals surface area contributed by atoms with E-state index >= 15 is 0 Å². The molecule has 240 valence electrons. The highest BCUT2D eigenvalue weighted by atomic mass is 32.2. The summed E-state index contributed by atoms with van der Waals surface area (Å²) < 4.78 is 66.8. The Kier molecular flexibility index (Phi) is 7.32. The zero-order valence-corrected chi connectivity index (χ0v) is 24.3. The van der Waals surface area contributed by atoms with Crippen molar-refractivity contribution < 1.29 is 50.0 Å². The van der Waals surface area contributed by atoms with Gasteiger partial charge in [-0.05, 0) is 66.9 Å². The number of pyridine rings is 1. The predicted octanol–water partition coefficient (Wildman–Crippen LogP) is 2.44. The van der Waals surface area contributed by atoms with Crippen molar-refractivity contribution in [3.63, 3.8) is 0 Å². The van der Waals surface area contributed by atoms with Crippen LogP contribution in [-0.4, -0.2) is 64.4 Å². The fraction of sp³-hybridized carbons (Fsp3) is 0.286. The number of benzene rings is 1. The number of Topliss-reactive ketones (excluding diaryl/α,β-unsaturated/α-hetero) is 2. The van der Waals surface area contributed by atoms with E-state index in [9.17, 15) is 45.6 Å². The summed E-state index contributed by atoms with van der Waals surface area (Å²) in [6.07, 6.45) is 3.97. The number of halogens is 3. The fourth-order valence-electron chi connectivity index (χ4n) is 5.17. The van der Waals surface area contributed by atoms with Crippen molar-refractivity contribution in [1.82, 2.24) is 20.7 Å². The Morgan fingerprint density at radius 1 is 1.04 bits per heavy atom. The molecule has 46 heavy (non-hydrogen) atoms. The van der Waals surface area contributed by atoms with Gasteiger partial charge in [0, 0.05) is 19.2 Å². The van der Waals surface area contributed by atoms with Crippen molar-refractivity contribution >= 4 is 50.8 Å². The van der Waals surface area contributed by atoms with Gasteiger partial charge in [-0.1, -0.05) is 0 Å². The molecule has 7 rings (SSSR count). The quantitative estimate of drug-likeness (QED) is 0.199. The number of anilines is 2. The average Bonchev–Trinajstić information content (AvgIpc) is 3.86. The zero-order chi connectivity index (χ0) is 33.1. The van der Waals surface area contributed by atoms with E-state index in [0.717, 1.165) is 17.0 Å². The van der Waals surface area contributed by atoms with Crippen LogP contribution in [0.5, 0.6) is 0 Å². The Balaban J connectivity index is 0.000000352. The van der Waals surface area contributed by atoms with Gasteiger partial charge in [0.1, 0.15) is 17.1 Å². The van der Waals surface area contributed by atoms with Gasteiger partial charge in [0.2, 0.25) is 0 Å². The van der Waals surface area contributed by atoms with Crippen LogP contribution in [0.4, 0.5) is 29.5 Å². The number of aromatic nitrogens is 1. The summed E-state index contributed by atoms with van der Waals surface area (Å²) in [6.45, 7) is -0.00620. The molecular weight excluding hydrogens is 637 g/mol. The lowest BCUT2D eigenvalue weighted by Gasteiger charge is -2.21. The third-order valence-electron chi connectivity index (χ3n) is 7.85. The normalized spacial score (nSPS) is 19.5. The average molecular weight is 661 g/mol. The molecule has 2 aromatic heterocycles. The summed E-state index contributed by atoms with van der Waals surface area (Å²) in [7, 11) is -5.57. The van der Waals surface area contributed by atoms with Gasteiger partial charge in [-0.3, -0.25) is 19.2 Å². The van der Waals surface area contributed by atoms with Gasteiger partial charge in [-0.2, -0.15) is 13.2 Å². The number of nitrogens with zero attached hydrogens (tertiary/aromatic N) is 3. The molecule has 4 fully saturated rings. The number of furan rings is 1. The number of rotatable bonds is 6. The van der Waals surface area contributed by atoms with Gasteiger partial charge in [-0.15, -0.1) is 0 Å². The largest absolute Gasteiger partial charge is 0.501 e. The molecule has 14 nitrogen and oxygen atoms in total. The van der Waals surface area contributed by atoms with Crippen LogP contribution >= 0.6 is 0 Å². The van der Waals surface area contributed by atoms with Crippen molar-refractivity contribution in [3.05, 3.63) is 72.3 Å². The van der Waals surface area contributed by atoms with Gasteiger partial charge < -0.3 is 14.6 Å². The first kappa shape index (κ1) is 31.1. The lowest BCUT2D eigenvalue weighted by atomic mass is 10.2. The summed E-state index contributed by atoms with van der Waals surface area (Å²) >= 11 is 0. The van der Waals surface area contributed by atoms with Gasteiger partial charge in [-0.25, -0.2) is 33.9 Å². The number of imide groups is 1. The van der Waals surface area contributed by atoms with Crippen molar-refractivity contribution in [3.8, 4) is 0 Å². The number of amides is 4. The Bertz CT molecular complexity index is 1870. The third-order valence-corrected chi connectivity index (χ3v) is 9.35. The molecule has 18 heteroatoms. The number of carbonyl (C=O) groups is 5. The molecule has 2 saturated carbocycles. The molecule has 0 atom stereocenters. The molecule has 4 heterocycles. The maximum absolute atomic E-state index is 13.3. The number of hydrogen-bond acceptors (Lipinski definition) is 11. The molecule has 3 aromatic rings. The predicted molar refractivity (Wildman–Crippen MR) is 149 cm³/mol. The SMILES string of the molecule is O=C(Nc1cc(CN2C(=O)N(c3ccc(S(=O)(=O)C(F)(F)F)cc3)C(=O)C23CC3)ccn1)c1ccco1.O=C1CC(=O)C2(C1)NN2. The lowest BCUT2D eigenvalue weighted by Crippen LogP contribution is -2.36. The summed E-state index contributed by atoms with van der Waals surface area (Å²) in [6, 6.07) is 8.86.